The van der Waals surface area contributed by atoms with Gasteiger partial charge in [0.2, 0.25) is 0 Å². The molecule has 2 saturated heterocycles. The average molecular weight is 395 g/mol. The number of carbonyl (C=O) groups is 2. The van der Waals surface area contributed by atoms with Crippen molar-refractivity contribution in [3.8, 4) is 0 Å². The highest BCUT2D eigenvalue weighted by molar-refractivity contribution is 9.10. The molecule has 1 aromatic rings. The SMILES string of the molecule is NCCC1CCN(C(=O)C(=O)N2CCCC2c2cncc(Br)c2)C1. The zero-order valence-corrected chi connectivity index (χ0v) is 15.2. The summed E-state index contributed by atoms with van der Waals surface area (Å²) in [5.74, 6) is -0.328. The van der Waals surface area contributed by atoms with E-state index in [2.05, 4.69) is 20.9 Å². The van der Waals surface area contributed by atoms with Crippen LogP contribution in [0.1, 0.15) is 37.3 Å². The Kier molecular flexibility index (Phi) is 5.50. The Balaban J connectivity index is 1.68. The van der Waals surface area contributed by atoms with E-state index in [4.69, 9.17) is 5.73 Å². The van der Waals surface area contributed by atoms with E-state index >= 15 is 0 Å². The first-order valence-electron chi connectivity index (χ1n) is 8.50. The van der Waals surface area contributed by atoms with E-state index in [0.717, 1.165) is 35.7 Å². The number of hydrogen-bond donors (Lipinski definition) is 1. The summed E-state index contributed by atoms with van der Waals surface area (Å²) in [5.41, 5.74) is 6.57. The van der Waals surface area contributed by atoms with Crippen molar-refractivity contribution in [1.82, 2.24) is 14.8 Å². The van der Waals surface area contributed by atoms with Gasteiger partial charge in [0.25, 0.3) is 0 Å². The van der Waals surface area contributed by atoms with Crippen LogP contribution in [0.25, 0.3) is 0 Å². The van der Waals surface area contributed by atoms with E-state index in [1.54, 1.807) is 22.2 Å². The maximum atomic E-state index is 12.7. The lowest BCUT2D eigenvalue weighted by molar-refractivity contribution is -0.151. The summed E-state index contributed by atoms with van der Waals surface area (Å²) in [5, 5.41) is 0. The quantitative estimate of drug-likeness (QED) is 0.791. The Morgan fingerprint density at radius 3 is 2.83 bits per heavy atom. The first-order chi connectivity index (χ1) is 11.6. The van der Waals surface area contributed by atoms with E-state index in [-0.39, 0.29) is 17.9 Å². The molecule has 2 aliphatic heterocycles. The van der Waals surface area contributed by atoms with Gasteiger partial charge in [-0.05, 0) is 65.7 Å². The van der Waals surface area contributed by atoms with Gasteiger partial charge in [0.15, 0.2) is 0 Å². The minimum atomic E-state index is -0.383. The van der Waals surface area contributed by atoms with Crippen molar-refractivity contribution < 1.29 is 9.59 Å². The third-order valence-electron chi connectivity index (χ3n) is 4.96. The molecule has 0 spiro atoms. The van der Waals surface area contributed by atoms with E-state index in [1.807, 2.05) is 6.07 Å². The molecule has 2 fully saturated rings. The van der Waals surface area contributed by atoms with Gasteiger partial charge in [-0.2, -0.15) is 0 Å². The zero-order chi connectivity index (χ0) is 17.1. The molecule has 7 heteroatoms. The van der Waals surface area contributed by atoms with Gasteiger partial charge < -0.3 is 15.5 Å². The van der Waals surface area contributed by atoms with Gasteiger partial charge in [-0.25, -0.2) is 0 Å². The average Bonchev–Trinajstić information content (AvgIpc) is 3.23. The number of likely N-dealkylation sites (tertiary alicyclic amines) is 2. The largest absolute Gasteiger partial charge is 0.334 e. The maximum absolute atomic E-state index is 12.7. The summed E-state index contributed by atoms with van der Waals surface area (Å²) in [6, 6.07) is 1.91. The van der Waals surface area contributed by atoms with Crippen molar-refractivity contribution in [1.29, 1.82) is 0 Å². The first kappa shape index (κ1) is 17.4. The molecule has 3 rings (SSSR count). The molecular formula is C17H23BrN4O2. The topological polar surface area (TPSA) is 79.5 Å². The molecule has 2 unspecified atom stereocenters. The fourth-order valence-electron chi connectivity index (χ4n) is 3.71. The fraction of sp³-hybridized carbons (Fsp3) is 0.588. The summed E-state index contributed by atoms with van der Waals surface area (Å²) in [4.78, 5) is 32.9. The van der Waals surface area contributed by atoms with Crippen molar-refractivity contribution in [3.63, 3.8) is 0 Å². The number of nitrogens with zero attached hydrogens (tertiary/aromatic N) is 3. The van der Waals surface area contributed by atoms with Gasteiger partial charge in [-0.1, -0.05) is 0 Å². The lowest BCUT2D eigenvalue weighted by atomic mass is 10.1. The highest BCUT2D eigenvalue weighted by Crippen LogP contribution is 2.33. The molecule has 2 amide bonds. The number of pyridine rings is 1. The van der Waals surface area contributed by atoms with E-state index < -0.39 is 0 Å². The number of halogens is 1. The third kappa shape index (κ3) is 3.62. The lowest BCUT2D eigenvalue weighted by Crippen LogP contribution is -2.44. The van der Waals surface area contributed by atoms with Gasteiger partial charge in [0, 0.05) is 36.5 Å². The van der Waals surface area contributed by atoms with Gasteiger partial charge in [0.1, 0.15) is 0 Å². The van der Waals surface area contributed by atoms with Crippen LogP contribution in [0, 0.1) is 5.92 Å². The minimum Gasteiger partial charge on any atom is -0.334 e. The Morgan fingerprint density at radius 1 is 1.25 bits per heavy atom. The summed E-state index contributed by atoms with van der Waals surface area (Å²) < 4.78 is 0.884. The molecule has 24 heavy (non-hydrogen) atoms. The second-order valence-electron chi connectivity index (χ2n) is 6.58. The van der Waals surface area contributed by atoms with Gasteiger partial charge >= 0.3 is 11.8 Å². The van der Waals surface area contributed by atoms with Gasteiger partial charge in [0.05, 0.1) is 6.04 Å². The summed E-state index contributed by atoms with van der Waals surface area (Å²) in [6.07, 6.45) is 7.12. The van der Waals surface area contributed by atoms with Crippen LogP contribution < -0.4 is 5.73 Å². The van der Waals surface area contributed by atoms with Crippen molar-refractivity contribution in [2.24, 2.45) is 11.7 Å². The van der Waals surface area contributed by atoms with E-state index in [1.165, 1.54) is 0 Å². The van der Waals surface area contributed by atoms with Crippen LogP contribution in [0.3, 0.4) is 0 Å². The molecule has 0 aliphatic carbocycles. The first-order valence-corrected chi connectivity index (χ1v) is 9.30. The highest BCUT2D eigenvalue weighted by atomic mass is 79.9. The molecule has 0 aromatic carbocycles. The molecule has 6 nitrogen and oxygen atoms in total. The molecule has 2 atom stereocenters. The normalized spacial score (nSPS) is 23.8. The predicted octanol–water partition coefficient (Wildman–Crippen LogP) is 1.70. The second kappa shape index (κ2) is 7.61. The number of nitrogens with two attached hydrogens (primary N) is 1. The molecule has 2 N–H and O–H groups in total. The zero-order valence-electron chi connectivity index (χ0n) is 13.7. The molecule has 1 aromatic heterocycles. The summed E-state index contributed by atoms with van der Waals surface area (Å²) in [7, 11) is 0. The molecule has 2 aliphatic rings. The van der Waals surface area contributed by atoms with Crippen LogP contribution in [0.15, 0.2) is 22.9 Å². The van der Waals surface area contributed by atoms with Crippen LogP contribution in [-0.4, -0.2) is 52.8 Å². The van der Waals surface area contributed by atoms with Crippen LogP contribution in [-0.2, 0) is 9.59 Å². The molecule has 3 heterocycles. The van der Waals surface area contributed by atoms with Crippen LogP contribution in [0.4, 0.5) is 0 Å². The number of hydrogen-bond acceptors (Lipinski definition) is 4. The maximum Gasteiger partial charge on any atom is 0.312 e. The Bertz CT molecular complexity index is 624. The Hall–Kier alpha value is -1.47. The smallest absolute Gasteiger partial charge is 0.312 e. The van der Waals surface area contributed by atoms with E-state index in [9.17, 15) is 9.59 Å². The van der Waals surface area contributed by atoms with Crippen LogP contribution in [0.2, 0.25) is 0 Å². The monoisotopic (exact) mass is 394 g/mol. The second-order valence-corrected chi connectivity index (χ2v) is 7.49. The molecule has 0 radical (unpaired) electrons. The fourth-order valence-corrected chi connectivity index (χ4v) is 4.10. The standard InChI is InChI=1S/C17H23BrN4O2/c18-14-8-13(9-20-10-14)15-2-1-6-22(15)17(24)16(23)21-7-4-12(11-21)3-5-19/h8-10,12,15H,1-7,11,19H2. The van der Waals surface area contributed by atoms with Crippen LogP contribution in [0.5, 0.6) is 0 Å². The van der Waals surface area contributed by atoms with Crippen molar-refractivity contribution >= 4 is 27.7 Å². The lowest BCUT2D eigenvalue weighted by Gasteiger charge is -2.26. The van der Waals surface area contributed by atoms with Gasteiger partial charge in [-0.3, -0.25) is 14.6 Å². The third-order valence-corrected chi connectivity index (χ3v) is 5.39. The Morgan fingerprint density at radius 2 is 2.08 bits per heavy atom. The molecule has 0 saturated carbocycles. The molecule has 0 bridgehead atoms. The molecule has 130 valence electrons. The van der Waals surface area contributed by atoms with Crippen molar-refractivity contribution in [2.75, 3.05) is 26.2 Å². The predicted molar refractivity (Wildman–Crippen MR) is 94.0 cm³/mol. The summed E-state index contributed by atoms with van der Waals surface area (Å²) in [6.45, 7) is 2.57. The minimum absolute atomic E-state index is 0.0612. The van der Waals surface area contributed by atoms with E-state index in [0.29, 0.717) is 32.1 Å². The number of amides is 2. The summed E-state index contributed by atoms with van der Waals surface area (Å²) >= 11 is 3.42. The molecular weight excluding hydrogens is 372 g/mol. The number of rotatable bonds is 3. The Labute approximate surface area is 150 Å². The van der Waals surface area contributed by atoms with Crippen molar-refractivity contribution in [3.05, 3.63) is 28.5 Å². The van der Waals surface area contributed by atoms with Crippen LogP contribution >= 0.6 is 15.9 Å². The number of aromatic nitrogens is 1. The van der Waals surface area contributed by atoms with Crippen molar-refractivity contribution in [2.45, 2.75) is 31.7 Å². The van der Waals surface area contributed by atoms with Gasteiger partial charge in [-0.15, -0.1) is 0 Å². The number of carbonyl (C=O) groups excluding carboxylic acids is 2. The highest BCUT2D eigenvalue weighted by Gasteiger charge is 2.37.